The molecule has 1 aliphatic heterocycles. The van der Waals surface area contributed by atoms with Crippen LogP contribution in [-0.4, -0.2) is 39.9 Å². The van der Waals surface area contributed by atoms with Gasteiger partial charge in [-0.2, -0.15) is 0 Å². The van der Waals surface area contributed by atoms with Crippen LogP contribution in [0.1, 0.15) is 60.4 Å². The molecule has 0 spiro atoms. The summed E-state index contributed by atoms with van der Waals surface area (Å²) in [7, 11) is -2.27. The summed E-state index contributed by atoms with van der Waals surface area (Å²) in [4.78, 5) is 36.6. The first-order valence-corrected chi connectivity index (χ1v) is 12.1. The summed E-state index contributed by atoms with van der Waals surface area (Å²) in [5, 5.41) is 8.06. The Labute approximate surface area is 160 Å². The second kappa shape index (κ2) is 6.69. The van der Waals surface area contributed by atoms with Crippen LogP contribution >= 0.6 is 0 Å². The first-order chi connectivity index (χ1) is 12.5. The lowest BCUT2D eigenvalue weighted by molar-refractivity contribution is 0.0925. The molecule has 1 aliphatic rings. The summed E-state index contributed by atoms with van der Waals surface area (Å²) in [6, 6.07) is 6.80. The number of nitrogens with zero attached hydrogens (tertiary/aromatic N) is 4. The van der Waals surface area contributed by atoms with Crippen molar-refractivity contribution in [3.8, 4) is 0 Å². The highest BCUT2D eigenvalue weighted by atomic mass is 28.4. The Morgan fingerprint density at radius 2 is 1.70 bits per heavy atom. The van der Waals surface area contributed by atoms with Crippen molar-refractivity contribution in [2.45, 2.75) is 57.8 Å². The van der Waals surface area contributed by atoms with Gasteiger partial charge in [0.05, 0.1) is 23.4 Å². The molecule has 0 bridgehead atoms. The molecule has 2 aromatic rings. The van der Waals surface area contributed by atoms with E-state index in [4.69, 9.17) is 0 Å². The van der Waals surface area contributed by atoms with E-state index < -0.39 is 8.32 Å². The third kappa shape index (κ3) is 3.46. The summed E-state index contributed by atoms with van der Waals surface area (Å²) in [6.45, 7) is 10.1. The Balaban J connectivity index is 1.74. The molecule has 1 atom stereocenters. The molecule has 8 heteroatoms. The number of carbonyl (C=O) groups excluding carboxylic acids is 2. The van der Waals surface area contributed by atoms with Crippen molar-refractivity contribution < 1.29 is 14.4 Å². The van der Waals surface area contributed by atoms with Crippen LogP contribution in [0.4, 0.5) is 5.82 Å². The second-order valence-electron chi connectivity index (χ2n) is 8.38. The molecule has 27 heavy (non-hydrogen) atoms. The zero-order valence-corrected chi connectivity index (χ0v) is 17.4. The van der Waals surface area contributed by atoms with Gasteiger partial charge < -0.3 is 4.80 Å². The maximum absolute atomic E-state index is 12.6. The number of rotatable bonds is 6. The molecule has 0 saturated heterocycles. The van der Waals surface area contributed by atoms with Crippen molar-refractivity contribution in [1.82, 2.24) is 15.0 Å². The number of hydrogen-bond acceptors (Lipinski definition) is 5. The van der Waals surface area contributed by atoms with E-state index in [1.165, 1.54) is 0 Å². The van der Waals surface area contributed by atoms with Crippen molar-refractivity contribution in [2.75, 3.05) is 4.90 Å². The molecular formula is C19H26N4O3Si. The maximum atomic E-state index is 12.6. The SMILES string of the molecule is C[C@@H](CCC(C)(C)[Si](C)(C)O)n1cc(N2C(=O)c3ccccc3C2=O)nn1. The number of amides is 2. The average Bonchev–Trinajstić information content (AvgIpc) is 3.16. The van der Waals surface area contributed by atoms with Crippen LogP contribution in [0, 0.1) is 0 Å². The normalized spacial score (nSPS) is 16.0. The van der Waals surface area contributed by atoms with Crippen LogP contribution in [0.5, 0.6) is 0 Å². The minimum Gasteiger partial charge on any atom is -0.432 e. The van der Waals surface area contributed by atoms with Crippen LogP contribution in [0.15, 0.2) is 30.5 Å². The first-order valence-electron chi connectivity index (χ1n) is 9.15. The lowest BCUT2D eigenvalue weighted by atomic mass is 10.0. The van der Waals surface area contributed by atoms with E-state index in [2.05, 4.69) is 24.2 Å². The van der Waals surface area contributed by atoms with E-state index in [-0.39, 0.29) is 28.7 Å². The highest BCUT2D eigenvalue weighted by molar-refractivity contribution is 6.72. The van der Waals surface area contributed by atoms with Crippen LogP contribution in [0.2, 0.25) is 18.1 Å². The lowest BCUT2D eigenvalue weighted by Gasteiger charge is -2.35. The average molecular weight is 387 g/mol. The molecule has 7 nitrogen and oxygen atoms in total. The molecule has 1 N–H and O–H groups in total. The summed E-state index contributed by atoms with van der Waals surface area (Å²) >= 11 is 0. The maximum Gasteiger partial charge on any atom is 0.267 e. The Bertz CT molecular complexity index is 850. The number of anilines is 1. The van der Waals surface area contributed by atoms with Gasteiger partial charge in [-0.1, -0.05) is 31.2 Å². The van der Waals surface area contributed by atoms with Gasteiger partial charge in [0.2, 0.25) is 0 Å². The Morgan fingerprint density at radius 3 is 2.22 bits per heavy atom. The third-order valence-electron chi connectivity index (χ3n) is 5.82. The van der Waals surface area contributed by atoms with Crippen LogP contribution in [0.3, 0.4) is 0 Å². The van der Waals surface area contributed by atoms with Crippen molar-refractivity contribution in [3.63, 3.8) is 0 Å². The third-order valence-corrected chi connectivity index (χ3v) is 9.38. The largest absolute Gasteiger partial charge is 0.432 e. The predicted octanol–water partition coefficient (Wildman–Crippen LogP) is 3.40. The van der Waals surface area contributed by atoms with E-state index in [1.807, 2.05) is 20.0 Å². The number of carbonyl (C=O) groups is 2. The van der Waals surface area contributed by atoms with Crippen molar-refractivity contribution in [2.24, 2.45) is 0 Å². The number of aromatic nitrogens is 3. The number of benzene rings is 1. The summed E-state index contributed by atoms with van der Waals surface area (Å²) in [5.41, 5.74) is 0.781. The molecule has 0 fully saturated rings. The van der Waals surface area contributed by atoms with Gasteiger partial charge in [-0.25, -0.2) is 9.58 Å². The van der Waals surface area contributed by atoms with Gasteiger partial charge in [-0.3, -0.25) is 9.59 Å². The number of fused-ring (bicyclic) bond motifs is 1. The molecule has 1 aromatic carbocycles. The summed E-state index contributed by atoms with van der Waals surface area (Å²) < 4.78 is 1.68. The Hall–Kier alpha value is -2.32. The quantitative estimate of drug-likeness (QED) is 0.607. The molecule has 0 saturated carbocycles. The standard InChI is InChI=1S/C19H26N4O3Si/c1-13(10-11-19(2,3)27(4,5)26)22-12-16(20-21-22)23-17(24)14-8-6-7-9-15(14)18(23)25/h6-9,12-13,26H,10-11H2,1-5H3/t13-/m0/s1. The molecule has 0 aliphatic carbocycles. The predicted molar refractivity (Wildman–Crippen MR) is 105 cm³/mol. The van der Waals surface area contributed by atoms with E-state index in [0.29, 0.717) is 11.1 Å². The second-order valence-corrected chi connectivity index (χ2v) is 12.9. The van der Waals surface area contributed by atoms with Gasteiger partial charge in [0.25, 0.3) is 11.8 Å². The molecule has 0 radical (unpaired) electrons. The van der Waals surface area contributed by atoms with E-state index in [0.717, 1.165) is 17.7 Å². The van der Waals surface area contributed by atoms with Crippen LogP contribution in [0.25, 0.3) is 0 Å². The number of imide groups is 1. The summed E-state index contributed by atoms with van der Waals surface area (Å²) in [6.07, 6.45) is 3.31. The van der Waals surface area contributed by atoms with E-state index >= 15 is 0 Å². The molecule has 2 amide bonds. The van der Waals surface area contributed by atoms with Crippen LogP contribution < -0.4 is 4.90 Å². The fourth-order valence-electron chi connectivity index (χ4n) is 2.99. The highest BCUT2D eigenvalue weighted by Crippen LogP contribution is 2.41. The fourth-order valence-corrected chi connectivity index (χ4v) is 3.75. The fraction of sp³-hybridized carbons (Fsp3) is 0.474. The van der Waals surface area contributed by atoms with Gasteiger partial charge in [-0.05, 0) is 50.0 Å². The highest BCUT2D eigenvalue weighted by Gasteiger charge is 2.39. The summed E-state index contributed by atoms with van der Waals surface area (Å²) in [5.74, 6) is -0.502. The zero-order chi connectivity index (χ0) is 20.0. The Kier molecular flexibility index (Phi) is 4.81. The van der Waals surface area contributed by atoms with Crippen LogP contribution in [-0.2, 0) is 0 Å². The smallest absolute Gasteiger partial charge is 0.267 e. The van der Waals surface area contributed by atoms with E-state index in [9.17, 15) is 14.4 Å². The van der Waals surface area contributed by atoms with E-state index in [1.54, 1.807) is 35.1 Å². The minimum atomic E-state index is -2.27. The Morgan fingerprint density at radius 1 is 1.15 bits per heavy atom. The molecular weight excluding hydrogens is 360 g/mol. The molecule has 0 unspecified atom stereocenters. The van der Waals surface area contributed by atoms with Crippen molar-refractivity contribution in [1.29, 1.82) is 0 Å². The van der Waals surface area contributed by atoms with Gasteiger partial charge in [0, 0.05) is 0 Å². The molecule has 2 heterocycles. The van der Waals surface area contributed by atoms with Gasteiger partial charge in [-0.15, -0.1) is 5.10 Å². The topological polar surface area (TPSA) is 88.3 Å². The van der Waals surface area contributed by atoms with Crippen molar-refractivity contribution >= 4 is 25.9 Å². The molecule has 3 rings (SSSR count). The van der Waals surface area contributed by atoms with Gasteiger partial charge >= 0.3 is 0 Å². The van der Waals surface area contributed by atoms with Gasteiger partial charge in [0.1, 0.15) is 0 Å². The first kappa shape index (κ1) is 19.4. The lowest BCUT2D eigenvalue weighted by Crippen LogP contribution is -2.39. The molecule has 1 aromatic heterocycles. The zero-order valence-electron chi connectivity index (χ0n) is 16.4. The molecule has 144 valence electrons. The number of hydrogen-bond donors (Lipinski definition) is 1. The van der Waals surface area contributed by atoms with Gasteiger partial charge in [0.15, 0.2) is 14.1 Å². The minimum absolute atomic E-state index is 0.0389. The van der Waals surface area contributed by atoms with Crippen molar-refractivity contribution in [3.05, 3.63) is 41.6 Å². The monoisotopic (exact) mass is 386 g/mol.